The fourth-order valence-corrected chi connectivity index (χ4v) is 2.54. The van der Waals surface area contributed by atoms with Crippen LogP contribution in [0.15, 0.2) is 18.2 Å². The number of hydrogen-bond donors (Lipinski definition) is 3. The minimum absolute atomic E-state index is 0.322. The first-order valence-electron chi connectivity index (χ1n) is 6.74. The van der Waals surface area contributed by atoms with E-state index in [0.29, 0.717) is 17.3 Å². The summed E-state index contributed by atoms with van der Waals surface area (Å²) in [7, 11) is 0. The quantitative estimate of drug-likeness (QED) is 0.698. The molecule has 1 atom stereocenters. The lowest BCUT2D eigenvalue weighted by Gasteiger charge is -2.22. The molecule has 0 radical (unpaired) electrons. The summed E-state index contributed by atoms with van der Waals surface area (Å²) in [6.07, 6.45) is 2.58. The van der Waals surface area contributed by atoms with E-state index in [-0.39, 0.29) is 0 Å². The molecule has 5 heteroatoms. The van der Waals surface area contributed by atoms with E-state index in [1.807, 2.05) is 6.07 Å². The molecule has 0 bridgehead atoms. The number of amides is 1. The Bertz CT molecular complexity index is 455. The standard InChI is InChI=1S/C14H22N4O/c1-10(9-18-6-2-3-7-18)17-11-4-5-13(15)12(8-11)14(16)19/h4-5,8,10,17H,2-3,6-7,9,15H2,1H3,(H2,16,19). The summed E-state index contributed by atoms with van der Waals surface area (Å²) < 4.78 is 0. The summed E-state index contributed by atoms with van der Waals surface area (Å²) in [6.45, 7) is 5.51. The second-order valence-corrected chi connectivity index (χ2v) is 5.22. The summed E-state index contributed by atoms with van der Waals surface area (Å²) in [5.41, 5.74) is 12.7. The molecule has 1 aromatic rings. The van der Waals surface area contributed by atoms with Gasteiger partial charge in [0.25, 0.3) is 5.91 Å². The Balaban J connectivity index is 1.98. The van der Waals surface area contributed by atoms with E-state index in [2.05, 4.69) is 17.1 Å². The largest absolute Gasteiger partial charge is 0.398 e. The first kappa shape index (κ1) is 13.7. The normalized spacial score (nSPS) is 17.3. The van der Waals surface area contributed by atoms with Crippen molar-refractivity contribution in [2.24, 2.45) is 5.73 Å². The highest BCUT2D eigenvalue weighted by Crippen LogP contribution is 2.18. The van der Waals surface area contributed by atoms with Crippen LogP contribution in [-0.4, -0.2) is 36.5 Å². The third-order valence-electron chi connectivity index (χ3n) is 3.46. The van der Waals surface area contributed by atoms with Gasteiger partial charge >= 0.3 is 0 Å². The van der Waals surface area contributed by atoms with Crippen molar-refractivity contribution < 1.29 is 4.79 Å². The summed E-state index contributed by atoms with van der Waals surface area (Å²) in [4.78, 5) is 13.7. The van der Waals surface area contributed by atoms with Gasteiger partial charge in [-0.3, -0.25) is 4.79 Å². The van der Waals surface area contributed by atoms with Gasteiger partial charge < -0.3 is 21.7 Å². The van der Waals surface area contributed by atoms with E-state index < -0.39 is 5.91 Å². The third kappa shape index (κ3) is 3.61. The molecule has 1 aliphatic heterocycles. The lowest BCUT2D eigenvalue weighted by molar-refractivity contribution is 0.100. The predicted molar refractivity (Wildman–Crippen MR) is 78.1 cm³/mol. The summed E-state index contributed by atoms with van der Waals surface area (Å²) in [5.74, 6) is -0.492. The average Bonchev–Trinajstić information content (AvgIpc) is 2.84. The molecule has 0 aliphatic carbocycles. The average molecular weight is 262 g/mol. The zero-order valence-corrected chi connectivity index (χ0v) is 11.4. The SMILES string of the molecule is CC(CN1CCCC1)Nc1ccc(N)c(C(N)=O)c1. The minimum Gasteiger partial charge on any atom is -0.398 e. The molecule has 1 aromatic carbocycles. The van der Waals surface area contributed by atoms with Gasteiger partial charge in [-0.2, -0.15) is 0 Å². The van der Waals surface area contributed by atoms with Gasteiger partial charge in [0.2, 0.25) is 0 Å². The van der Waals surface area contributed by atoms with Crippen molar-refractivity contribution in [2.45, 2.75) is 25.8 Å². The number of nitrogens with one attached hydrogen (secondary N) is 1. The molecule has 2 rings (SSSR count). The molecule has 1 saturated heterocycles. The fraction of sp³-hybridized carbons (Fsp3) is 0.500. The van der Waals surface area contributed by atoms with Gasteiger partial charge in [-0.25, -0.2) is 0 Å². The summed E-state index contributed by atoms with van der Waals surface area (Å²) in [6, 6.07) is 5.63. The van der Waals surface area contributed by atoms with Crippen LogP contribution in [0.2, 0.25) is 0 Å². The van der Waals surface area contributed by atoms with Crippen LogP contribution in [0, 0.1) is 0 Å². The number of anilines is 2. The number of primary amides is 1. The number of carbonyl (C=O) groups is 1. The molecule has 1 unspecified atom stereocenters. The van der Waals surface area contributed by atoms with Crippen molar-refractivity contribution in [1.29, 1.82) is 0 Å². The Labute approximate surface area is 113 Å². The lowest BCUT2D eigenvalue weighted by Crippen LogP contribution is -2.33. The molecule has 19 heavy (non-hydrogen) atoms. The zero-order valence-electron chi connectivity index (χ0n) is 11.4. The number of rotatable bonds is 5. The zero-order chi connectivity index (χ0) is 13.8. The first-order valence-corrected chi connectivity index (χ1v) is 6.74. The van der Waals surface area contributed by atoms with E-state index in [1.165, 1.54) is 25.9 Å². The van der Waals surface area contributed by atoms with E-state index in [0.717, 1.165) is 12.2 Å². The van der Waals surface area contributed by atoms with Gasteiger partial charge in [0, 0.05) is 24.0 Å². The van der Waals surface area contributed by atoms with E-state index in [1.54, 1.807) is 12.1 Å². The van der Waals surface area contributed by atoms with Crippen LogP contribution in [0.1, 0.15) is 30.1 Å². The molecule has 104 valence electrons. The molecular weight excluding hydrogens is 240 g/mol. The van der Waals surface area contributed by atoms with Crippen LogP contribution >= 0.6 is 0 Å². The maximum Gasteiger partial charge on any atom is 0.250 e. The summed E-state index contributed by atoms with van der Waals surface area (Å²) in [5, 5.41) is 3.39. The minimum atomic E-state index is -0.492. The van der Waals surface area contributed by atoms with Crippen LogP contribution in [0.3, 0.4) is 0 Å². The molecular formula is C14H22N4O. The number of likely N-dealkylation sites (tertiary alicyclic amines) is 1. The van der Waals surface area contributed by atoms with Gasteiger partial charge in [0.1, 0.15) is 0 Å². The highest BCUT2D eigenvalue weighted by molar-refractivity contribution is 5.98. The van der Waals surface area contributed by atoms with Crippen molar-refractivity contribution in [1.82, 2.24) is 4.90 Å². The molecule has 1 aliphatic rings. The number of nitrogen functional groups attached to an aromatic ring is 1. The van der Waals surface area contributed by atoms with Gasteiger partial charge in [0.05, 0.1) is 5.56 Å². The molecule has 5 nitrogen and oxygen atoms in total. The number of hydrogen-bond acceptors (Lipinski definition) is 4. The number of nitrogens with zero attached hydrogens (tertiary/aromatic N) is 1. The fourth-order valence-electron chi connectivity index (χ4n) is 2.54. The lowest BCUT2D eigenvalue weighted by atomic mass is 10.1. The Kier molecular flexibility index (Phi) is 4.27. The van der Waals surface area contributed by atoms with Crippen molar-refractivity contribution in [3.63, 3.8) is 0 Å². The highest BCUT2D eigenvalue weighted by Gasteiger charge is 2.15. The molecule has 5 N–H and O–H groups in total. The van der Waals surface area contributed by atoms with Gasteiger partial charge in [0.15, 0.2) is 0 Å². The van der Waals surface area contributed by atoms with Crippen molar-refractivity contribution >= 4 is 17.3 Å². The molecule has 1 amide bonds. The monoisotopic (exact) mass is 262 g/mol. The number of nitrogens with two attached hydrogens (primary N) is 2. The molecule has 1 heterocycles. The Morgan fingerprint density at radius 3 is 2.74 bits per heavy atom. The van der Waals surface area contributed by atoms with Gasteiger partial charge in [-0.1, -0.05) is 0 Å². The maximum atomic E-state index is 11.2. The van der Waals surface area contributed by atoms with E-state index >= 15 is 0 Å². The van der Waals surface area contributed by atoms with Crippen molar-refractivity contribution in [3.8, 4) is 0 Å². The Morgan fingerprint density at radius 1 is 1.42 bits per heavy atom. The third-order valence-corrected chi connectivity index (χ3v) is 3.46. The van der Waals surface area contributed by atoms with Crippen molar-refractivity contribution in [2.75, 3.05) is 30.7 Å². The van der Waals surface area contributed by atoms with Crippen LogP contribution in [-0.2, 0) is 0 Å². The second kappa shape index (κ2) is 5.93. The van der Waals surface area contributed by atoms with Gasteiger partial charge in [-0.05, 0) is 51.1 Å². The Hall–Kier alpha value is -1.75. The number of carbonyl (C=O) groups excluding carboxylic acids is 1. The van der Waals surface area contributed by atoms with Crippen LogP contribution in [0.4, 0.5) is 11.4 Å². The number of benzene rings is 1. The van der Waals surface area contributed by atoms with Crippen LogP contribution in [0.25, 0.3) is 0 Å². The van der Waals surface area contributed by atoms with E-state index in [4.69, 9.17) is 11.5 Å². The molecule has 0 saturated carbocycles. The topological polar surface area (TPSA) is 84.4 Å². The predicted octanol–water partition coefficient (Wildman–Crippen LogP) is 1.26. The van der Waals surface area contributed by atoms with Crippen LogP contribution in [0.5, 0.6) is 0 Å². The summed E-state index contributed by atoms with van der Waals surface area (Å²) >= 11 is 0. The first-order chi connectivity index (χ1) is 9.06. The molecule has 0 aromatic heterocycles. The smallest absolute Gasteiger partial charge is 0.250 e. The second-order valence-electron chi connectivity index (χ2n) is 5.22. The Morgan fingerprint density at radius 2 is 2.11 bits per heavy atom. The highest BCUT2D eigenvalue weighted by atomic mass is 16.1. The molecule has 1 fully saturated rings. The van der Waals surface area contributed by atoms with Crippen LogP contribution < -0.4 is 16.8 Å². The van der Waals surface area contributed by atoms with E-state index in [9.17, 15) is 4.79 Å². The van der Waals surface area contributed by atoms with Crippen molar-refractivity contribution in [3.05, 3.63) is 23.8 Å². The van der Waals surface area contributed by atoms with Gasteiger partial charge in [-0.15, -0.1) is 0 Å². The maximum absolute atomic E-state index is 11.2. The molecule has 0 spiro atoms.